The van der Waals surface area contributed by atoms with Crippen LogP contribution >= 0.6 is 15.9 Å². The van der Waals surface area contributed by atoms with E-state index in [1.165, 1.54) is 0 Å². The predicted molar refractivity (Wildman–Crippen MR) is 73.0 cm³/mol. The molecule has 1 aliphatic carbocycles. The summed E-state index contributed by atoms with van der Waals surface area (Å²) in [5.41, 5.74) is 0.819. The second-order valence-electron chi connectivity index (χ2n) is 5.14. The molecule has 1 aromatic carbocycles. The summed E-state index contributed by atoms with van der Waals surface area (Å²) in [4.78, 5) is 12.0. The Morgan fingerprint density at radius 2 is 2.06 bits per heavy atom. The lowest BCUT2D eigenvalue weighted by Crippen LogP contribution is -2.45. The average molecular weight is 296 g/mol. The molecule has 0 aromatic heterocycles. The van der Waals surface area contributed by atoms with Crippen LogP contribution in [0.5, 0.6) is 0 Å². The Bertz CT molecular complexity index is 406. The minimum absolute atomic E-state index is 0.184. The Morgan fingerprint density at radius 3 is 2.53 bits per heavy atom. The van der Waals surface area contributed by atoms with Gasteiger partial charge in [-0.3, -0.25) is 4.79 Å². The summed E-state index contributed by atoms with van der Waals surface area (Å²) in [6, 6.07) is 10.1. The average Bonchev–Trinajstić information content (AvgIpc) is 3.07. The van der Waals surface area contributed by atoms with Crippen LogP contribution in [0.1, 0.15) is 25.8 Å². The van der Waals surface area contributed by atoms with Crippen LogP contribution in [0, 0.1) is 11.8 Å². The zero-order valence-electron chi connectivity index (χ0n) is 10.2. The van der Waals surface area contributed by atoms with Crippen molar-refractivity contribution in [2.24, 2.45) is 11.8 Å². The van der Waals surface area contributed by atoms with Crippen LogP contribution in [0.3, 0.4) is 0 Å². The molecule has 2 nitrogen and oxygen atoms in total. The molecular formula is C14H18BrNO. The number of hydrogen-bond donors (Lipinski definition) is 1. The number of alkyl halides is 1. The van der Waals surface area contributed by atoms with E-state index in [1.54, 1.807) is 0 Å². The largest absolute Gasteiger partial charge is 0.346 e. The molecule has 1 fully saturated rings. The van der Waals surface area contributed by atoms with Gasteiger partial charge in [-0.05, 0) is 24.8 Å². The van der Waals surface area contributed by atoms with Crippen molar-refractivity contribution in [1.29, 1.82) is 0 Å². The third-order valence-corrected chi connectivity index (χ3v) is 4.64. The number of hydrogen-bond acceptors (Lipinski definition) is 1. The molecule has 0 bridgehead atoms. The number of carbonyl (C=O) groups is 1. The van der Waals surface area contributed by atoms with Gasteiger partial charge in [0.25, 0.3) is 0 Å². The van der Waals surface area contributed by atoms with E-state index in [-0.39, 0.29) is 17.4 Å². The third-order valence-electron chi connectivity index (χ3n) is 3.52. The molecule has 17 heavy (non-hydrogen) atoms. The van der Waals surface area contributed by atoms with Crippen LogP contribution in [0.15, 0.2) is 30.3 Å². The predicted octanol–water partition coefficient (Wildman–Crippen LogP) is 3.07. The van der Waals surface area contributed by atoms with E-state index in [0.717, 1.165) is 17.3 Å². The SMILES string of the molecule is CC1CC1C(=O)NC(C)(CBr)c1ccccc1. The normalized spacial score (nSPS) is 26.1. The fraction of sp³-hybridized carbons (Fsp3) is 0.500. The Labute approximate surface area is 111 Å². The topological polar surface area (TPSA) is 29.1 Å². The first-order valence-corrected chi connectivity index (χ1v) is 7.12. The molecule has 0 spiro atoms. The number of benzene rings is 1. The van der Waals surface area contributed by atoms with E-state index in [9.17, 15) is 4.79 Å². The lowest BCUT2D eigenvalue weighted by Gasteiger charge is -2.29. The van der Waals surface area contributed by atoms with E-state index >= 15 is 0 Å². The summed E-state index contributed by atoms with van der Waals surface area (Å²) in [5, 5.41) is 3.89. The van der Waals surface area contributed by atoms with Gasteiger partial charge < -0.3 is 5.32 Å². The van der Waals surface area contributed by atoms with Crippen molar-refractivity contribution in [3.8, 4) is 0 Å². The minimum atomic E-state index is -0.319. The van der Waals surface area contributed by atoms with Crippen molar-refractivity contribution in [3.05, 3.63) is 35.9 Å². The maximum absolute atomic E-state index is 12.0. The monoisotopic (exact) mass is 295 g/mol. The standard InChI is InChI=1S/C14H18BrNO/c1-10-8-12(10)13(17)16-14(2,9-15)11-6-4-3-5-7-11/h3-7,10,12H,8-9H2,1-2H3,(H,16,17). The van der Waals surface area contributed by atoms with Crippen molar-refractivity contribution in [2.45, 2.75) is 25.8 Å². The van der Waals surface area contributed by atoms with Gasteiger partial charge in [0.1, 0.15) is 0 Å². The third kappa shape index (κ3) is 2.71. The highest BCUT2D eigenvalue weighted by Crippen LogP contribution is 2.38. The lowest BCUT2D eigenvalue weighted by atomic mass is 9.94. The Hall–Kier alpha value is -0.830. The number of carbonyl (C=O) groups excluding carboxylic acids is 1. The van der Waals surface area contributed by atoms with Crippen LogP contribution in [0.2, 0.25) is 0 Å². The van der Waals surface area contributed by atoms with Gasteiger partial charge in [0.05, 0.1) is 5.54 Å². The van der Waals surface area contributed by atoms with Gasteiger partial charge in [-0.25, -0.2) is 0 Å². The Morgan fingerprint density at radius 1 is 1.47 bits per heavy atom. The maximum Gasteiger partial charge on any atom is 0.224 e. The molecule has 0 radical (unpaired) electrons. The minimum Gasteiger partial charge on any atom is -0.346 e. The number of rotatable bonds is 4. The van der Waals surface area contributed by atoms with Crippen molar-refractivity contribution in [2.75, 3.05) is 5.33 Å². The quantitative estimate of drug-likeness (QED) is 0.850. The number of amides is 1. The van der Waals surface area contributed by atoms with E-state index in [1.807, 2.05) is 18.2 Å². The molecule has 3 unspecified atom stereocenters. The Balaban J connectivity index is 2.12. The van der Waals surface area contributed by atoms with E-state index in [4.69, 9.17) is 0 Å². The first-order chi connectivity index (χ1) is 8.07. The van der Waals surface area contributed by atoms with Crippen LogP contribution in [-0.2, 0) is 10.3 Å². The molecule has 1 aromatic rings. The summed E-state index contributed by atoms with van der Waals surface area (Å²) in [7, 11) is 0. The fourth-order valence-corrected chi connectivity index (χ4v) is 2.50. The van der Waals surface area contributed by atoms with Crippen LogP contribution in [-0.4, -0.2) is 11.2 Å². The second kappa shape index (κ2) is 4.81. The molecule has 0 heterocycles. The molecule has 0 aliphatic heterocycles. The van der Waals surface area contributed by atoms with E-state index in [0.29, 0.717) is 5.92 Å². The maximum atomic E-state index is 12.0. The van der Waals surface area contributed by atoms with Crippen molar-refractivity contribution < 1.29 is 4.79 Å². The molecule has 0 saturated heterocycles. The highest BCUT2D eigenvalue weighted by Gasteiger charge is 2.41. The number of halogens is 1. The molecule has 2 rings (SSSR count). The van der Waals surface area contributed by atoms with Gasteiger partial charge >= 0.3 is 0 Å². The van der Waals surface area contributed by atoms with Gasteiger partial charge in [0.15, 0.2) is 0 Å². The fourth-order valence-electron chi connectivity index (χ4n) is 2.04. The summed E-state index contributed by atoms with van der Waals surface area (Å²) in [5.74, 6) is 0.950. The van der Waals surface area contributed by atoms with Crippen LogP contribution in [0.4, 0.5) is 0 Å². The highest BCUT2D eigenvalue weighted by molar-refractivity contribution is 9.09. The van der Waals surface area contributed by atoms with Crippen molar-refractivity contribution >= 4 is 21.8 Å². The second-order valence-corrected chi connectivity index (χ2v) is 5.70. The molecule has 1 saturated carbocycles. The number of nitrogens with one attached hydrogen (secondary N) is 1. The van der Waals surface area contributed by atoms with Crippen molar-refractivity contribution in [3.63, 3.8) is 0 Å². The Kier molecular flexibility index (Phi) is 3.57. The van der Waals surface area contributed by atoms with Gasteiger partial charge in [0.2, 0.25) is 5.91 Å². The van der Waals surface area contributed by atoms with Crippen LogP contribution in [0.25, 0.3) is 0 Å². The van der Waals surface area contributed by atoms with Crippen LogP contribution < -0.4 is 5.32 Å². The van der Waals surface area contributed by atoms with E-state index < -0.39 is 0 Å². The molecule has 1 aliphatic rings. The lowest BCUT2D eigenvalue weighted by molar-refractivity contribution is -0.124. The van der Waals surface area contributed by atoms with Gasteiger partial charge in [-0.1, -0.05) is 53.2 Å². The molecule has 3 heteroatoms. The van der Waals surface area contributed by atoms with Gasteiger partial charge in [0, 0.05) is 11.2 Å². The van der Waals surface area contributed by atoms with E-state index in [2.05, 4.69) is 47.2 Å². The molecule has 1 N–H and O–H groups in total. The summed E-state index contributed by atoms with van der Waals surface area (Å²) in [6.07, 6.45) is 1.03. The van der Waals surface area contributed by atoms with Crippen molar-refractivity contribution in [1.82, 2.24) is 5.32 Å². The highest BCUT2D eigenvalue weighted by atomic mass is 79.9. The zero-order valence-corrected chi connectivity index (χ0v) is 11.8. The smallest absolute Gasteiger partial charge is 0.224 e. The summed E-state index contributed by atoms with van der Waals surface area (Å²) < 4.78 is 0. The summed E-state index contributed by atoms with van der Waals surface area (Å²) >= 11 is 3.51. The van der Waals surface area contributed by atoms with Gasteiger partial charge in [-0.15, -0.1) is 0 Å². The molecule has 92 valence electrons. The molecular weight excluding hydrogens is 278 g/mol. The summed E-state index contributed by atoms with van der Waals surface area (Å²) in [6.45, 7) is 4.18. The zero-order chi connectivity index (χ0) is 12.5. The molecule has 3 atom stereocenters. The first kappa shape index (κ1) is 12.6. The first-order valence-electron chi connectivity index (χ1n) is 6.00. The van der Waals surface area contributed by atoms with Gasteiger partial charge in [-0.2, -0.15) is 0 Å². The molecule has 1 amide bonds.